The van der Waals surface area contributed by atoms with Crippen molar-refractivity contribution >= 4 is 12.0 Å². The fourth-order valence-corrected chi connectivity index (χ4v) is 2.09. The van der Waals surface area contributed by atoms with Gasteiger partial charge in [-0.05, 0) is 45.3 Å². The van der Waals surface area contributed by atoms with Crippen molar-refractivity contribution in [1.29, 1.82) is 0 Å². The van der Waals surface area contributed by atoms with E-state index in [1.807, 2.05) is 38.2 Å². The van der Waals surface area contributed by atoms with Gasteiger partial charge in [0.05, 0.1) is 0 Å². The number of rotatable bonds is 9. The van der Waals surface area contributed by atoms with Gasteiger partial charge in [-0.3, -0.25) is 4.79 Å². The van der Waals surface area contributed by atoms with Gasteiger partial charge in [-0.1, -0.05) is 29.8 Å². The van der Waals surface area contributed by atoms with Crippen molar-refractivity contribution in [2.75, 3.05) is 13.6 Å². The molecule has 0 saturated carbocycles. The first-order chi connectivity index (χ1) is 10.5. The minimum absolute atomic E-state index is 0.285. The standard InChI is InChI=1S/C16H25N3O3/c1-12-6-8-13(9-7-12)11-18-15(20)14(19-16(21)22)5-3-4-10-17-2/h6-9,14,17,19H,3-5,10-11H2,1-2H3,(H,18,20)(H,21,22). The summed E-state index contributed by atoms with van der Waals surface area (Å²) in [5.74, 6) is -0.285. The number of amides is 2. The Hall–Kier alpha value is -2.08. The Bertz CT molecular complexity index is 474. The van der Waals surface area contributed by atoms with Crippen LogP contribution in [0.5, 0.6) is 0 Å². The molecule has 1 atom stereocenters. The van der Waals surface area contributed by atoms with Gasteiger partial charge in [0, 0.05) is 6.54 Å². The average molecular weight is 307 g/mol. The Morgan fingerprint density at radius 1 is 1.18 bits per heavy atom. The highest BCUT2D eigenvalue weighted by Gasteiger charge is 2.19. The van der Waals surface area contributed by atoms with Crippen molar-refractivity contribution in [3.8, 4) is 0 Å². The summed E-state index contributed by atoms with van der Waals surface area (Å²) in [7, 11) is 1.86. The van der Waals surface area contributed by atoms with Gasteiger partial charge in [0.1, 0.15) is 6.04 Å². The summed E-state index contributed by atoms with van der Waals surface area (Å²) in [6, 6.07) is 7.14. The molecule has 2 amide bonds. The molecule has 6 heteroatoms. The van der Waals surface area contributed by atoms with Crippen LogP contribution in [0.2, 0.25) is 0 Å². The highest BCUT2D eigenvalue weighted by atomic mass is 16.4. The van der Waals surface area contributed by atoms with Gasteiger partial charge in [-0.2, -0.15) is 0 Å². The molecule has 1 unspecified atom stereocenters. The SMILES string of the molecule is CNCCCCC(NC(=O)O)C(=O)NCc1ccc(C)cc1. The van der Waals surface area contributed by atoms with Crippen molar-refractivity contribution in [2.45, 2.75) is 38.8 Å². The summed E-state index contributed by atoms with van der Waals surface area (Å²) in [6.45, 7) is 3.25. The van der Waals surface area contributed by atoms with E-state index in [0.717, 1.165) is 30.5 Å². The molecule has 0 heterocycles. The lowest BCUT2D eigenvalue weighted by molar-refractivity contribution is -0.123. The molecule has 0 aliphatic carbocycles. The van der Waals surface area contributed by atoms with E-state index in [2.05, 4.69) is 16.0 Å². The van der Waals surface area contributed by atoms with Crippen LogP contribution in [0, 0.1) is 6.92 Å². The first-order valence-corrected chi connectivity index (χ1v) is 7.50. The number of carboxylic acid groups (broad SMARTS) is 1. The predicted octanol–water partition coefficient (Wildman–Crippen LogP) is 1.64. The molecule has 122 valence electrons. The summed E-state index contributed by atoms with van der Waals surface area (Å²) in [5, 5.41) is 16.9. The van der Waals surface area contributed by atoms with Gasteiger partial charge in [0.2, 0.25) is 5.91 Å². The maximum Gasteiger partial charge on any atom is 0.405 e. The minimum atomic E-state index is -1.18. The maximum absolute atomic E-state index is 12.1. The Morgan fingerprint density at radius 2 is 1.86 bits per heavy atom. The van der Waals surface area contributed by atoms with Gasteiger partial charge in [-0.25, -0.2) is 4.79 Å². The van der Waals surface area contributed by atoms with Crippen molar-refractivity contribution in [3.63, 3.8) is 0 Å². The van der Waals surface area contributed by atoms with Crippen LogP contribution < -0.4 is 16.0 Å². The van der Waals surface area contributed by atoms with Crippen LogP contribution in [0.1, 0.15) is 30.4 Å². The Labute approximate surface area is 131 Å². The van der Waals surface area contributed by atoms with E-state index in [1.54, 1.807) is 0 Å². The summed E-state index contributed by atoms with van der Waals surface area (Å²) in [4.78, 5) is 22.9. The van der Waals surface area contributed by atoms with Crippen LogP contribution in [0.4, 0.5) is 4.79 Å². The molecule has 0 spiro atoms. The maximum atomic E-state index is 12.1. The molecule has 1 rings (SSSR count). The normalized spacial score (nSPS) is 11.7. The number of aryl methyl sites for hydroxylation is 1. The largest absolute Gasteiger partial charge is 0.465 e. The lowest BCUT2D eigenvalue weighted by atomic mass is 10.1. The summed E-state index contributed by atoms with van der Waals surface area (Å²) >= 11 is 0. The number of nitrogens with one attached hydrogen (secondary N) is 3. The zero-order valence-electron chi connectivity index (χ0n) is 13.2. The second kappa shape index (κ2) is 9.78. The predicted molar refractivity (Wildman–Crippen MR) is 85.8 cm³/mol. The zero-order valence-corrected chi connectivity index (χ0v) is 13.2. The van der Waals surface area contributed by atoms with Gasteiger partial charge >= 0.3 is 6.09 Å². The number of hydrogen-bond donors (Lipinski definition) is 4. The van der Waals surface area contributed by atoms with E-state index in [4.69, 9.17) is 5.11 Å². The van der Waals surface area contributed by atoms with E-state index in [9.17, 15) is 9.59 Å². The second-order valence-electron chi connectivity index (χ2n) is 5.30. The lowest BCUT2D eigenvalue weighted by Crippen LogP contribution is -2.46. The highest BCUT2D eigenvalue weighted by Crippen LogP contribution is 2.04. The van der Waals surface area contributed by atoms with Crippen LogP contribution in [-0.2, 0) is 11.3 Å². The fourth-order valence-electron chi connectivity index (χ4n) is 2.09. The minimum Gasteiger partial charge on any atom is -0.465 e. The summed E-state index contributed by atoms with van der Waals surface area (Å²) in [5.41, 5.74) is 2.15. The number of hydrogen-bond acceptors (Lipinski definition) is 3. The Balaban J connectivity index is 2.47. The van der Waals surface area contributed by atoms with E-state index >= 15 is 0 Å². The van der Waals surface area contributed by atoms with Gasteiger partial charge in [-0.15, -0.1) is 0 Å². The number of unbranched alkanes of at least 4 members (excludes halogenated alkanes) is 1. The first kappa shape index (κ1) is 18.0. The lowest BCUT2D eigenvalue weighted by Gasteiger charge is -2.16. The van der Waals surface area contributed by atoms with Crippen LogP contribution in [0.15, 0.2) is 24.3 Å². The molecular weight excluding hydrogens is 282 g/mol. The Kier molecular flexibility index (Phi) is 7.99. The monoisotopic (exact) mass is 307 g/mol. The van der Waals surface area contributed by atoms with E-state index in [1.165, 1.54) is 0 Å². The quantitative estimate of drug-likeness (QED) is 0.522. The molecular formula is C16H25N3O3. The van der Waals surface area contributed by atoms with E-state index in [-0.39, 0.29) is 5.91 Å². The molecule has 0 radical (unpaired) electrons. The molecule has 22 heavy (non-hydrogen) atoms. The highest BCUT2D eigenvalue weighted by molar-refractivity contribution is 5.85. The summed E-state index contributed by atoms with van der Waals surface area (Å²) in [6.07, 6.45) is 1.00. The van der Waals surface area contributed by atoms with Crippen LogP contribution in [0.3, 0.4) is 0 Å². The van der Waals surface area contributed by atoms with Crippen LogP contribution in [-0.4, -0.2) is 36.7 Å². The van der Waals surface area contributed by atoms with Gasteiger partial charge < -0.3 is 21.1 Å². The molecule has 4 N–H and O–H groups in total. The van der Waals surface area contributed by atoms with Crippen molar-refractivity contribution in [2.24, 2.45) is 0 Å². The van der Waals surface area contributed by atoms with E-state index in [0.29, 0.717) is 13.0 Å². The molecule has 6 nitrogen and oxygen atoms in total. The van der Waals surface area contributed by atoms with Crippen LogP contribution in [0.25, 0.3) is 0 Å². The van der Waals surface area contributed by atoms with Crippen molar-refractivity contribution < 1.29 is 14.7 Å². The van der Waals surface area contributed by atoms with Crippen molar-refractivity contribution in [1.82, 2.24) is 16.0 Å². The van der Waals surface area contributed by atoms with Gasteiger partial charge in [0.15, 0.2) is 0 Å². The Morgan fingerprint density at radius 3 is 2.45 bits per heavy atom. The number of carbonyl (C=O) groups excluding carboxylic acids is 1. The fraction of sp³-hybridized carbons (Fsp3) is 0.500. The molecule has 0 aliphatic heterocycles. The first-order valence-electron chi connectivity index (χ1n) is 7.50. The zero-order chi connectivity index (χ0) is 16.4. The summed E-state index contributed by atoms with van der Waals surface area (Å²) < 4.78 is 0. The molecule has 0 fully saturated rings. The third kappa shape index (κ3) is 7.08. The van der Waals surface area contributed by atoms with Crippen LogP contribution >= 0.6 is 0 Å². The second-order valence-corrected chi connectivity index (χ2v) is 5.30. The molecule has 0 aliphatic rings. The average Bonchev–Trinajstić information content (AvgIpc) is 2.49. The topological polar surface area (TPSA) is 90.5 Å². The van der Waals surface area contributed by atoms with Crippen molar-refractivity contribution in [3.05, 3.63) is 35.4 Å². The van der Waals surface area contributed by atoms with E-state index < -0.39 is 12.1 Å². The smallest absolute Gasteiger partial charge is 0.405 e. The molecule has 1 aromatic carbocycles. The third-order valence-corrected chi connectivity index (χ3v) is 3.37. The van der Waals surface area contributed by atoms with Gasteiger partial charge in [0.25, 0.3) is 0 Å². The number of carbonyl (C=O) groups is 2. The molecule has 0 bridgehead atoms. The third-order valence-electron chi connectivity index (χ3n) is 3.37. The molecule has 0 saturated heterocycles. The molecule has 0 aromatic heterocycles. The molecule has 1 aromatic rings. The number of benzene rings is 1.